The van der Waals surface area contributed by atoms with Crippen LogP contribution in [0.1, 0.15) is 18.7 Å². The smallest absolute Gasteiger partial charge is 0.0794 e. The molecule has 0 unspecified atom stereocenters. The van der Waals surface area contributed by atoms with Crippen LogP contribution in [-0.4, -0.2) is 23.2 Å². The molecule has 0 aliphatic heterocycles. The second-order valence-corrected chi connectivity index (χ2v) is 4.86. The van der Waals surface area contributed by atoms with Crippen LogP contribution in [-0.2, 0) is 6.54 Å². The van der Waals surface area contributed by atoms with Crippen molar-refractivity contribution in [1.82, 2.24) is 10.3 Å². The third-order valence-corrected chi connectivity index (χ3v) is 2.59. The van der Waals surface area contributed by atoms with Crippen LogP contribution in [0.5, 0.6) is 0 Å². The van der Waals surface area contributed by atoms with Gasteiger partial charge < -0.3 is 10.4 Å². The number of aliphatic hydroxyl groups is 1. The Labute approximate surface area is 82.8 Å². The van der Waals surface area contributed by atoms with Crippen molar-refractivity contribution < 1.29 is 5.11 Å². The molecular formula is C9H16N2OS. The predicted molar refractivity (Wildman–Crippen MR) is 54.7 cm³/mol. The molecule has 0 saturated heterocycles. The summed E-state index contributed by atoms with van der Waals surface area (Å²) in [5.74, 6) is 0. The van der Waals surface area contributed by atoms with Crippen molar-refractivity contribution >= 4 is 11.3 Å². The van der Waals surface area contributed by atoms with Crippen molar-refractivity contribution in [2.75, 3.05) is 13.2 Å². The topological polar surface area (TPSA) is 45.1 Å². The average molecular weight is 200 g/mol. The van der Waals surface area contributed by atoms with Gasteiger partial charge in [0.05, 0.1) is 5.51 Å². The van der Waals surface area contributed by atoms with Gasteiger partial charge >= 0.3 is 0 Å². The fourth-order valence-electron chi connectivity index (χ4n) is 0.909. The Morgan fingerprint density at radius 2 is 2.38 bits per heavy atom. The molecule has 3 nitrogen and oxygen atoms in total. The average Bonchev–Trinajstić information content (AvgIpc) is 2.57. The minimum atomic E-state index is -0.0370. The maximum atomic E-state index is 9.00. The van der Waals surface area contributed by atoms with Crippen molar-refractivity contribution in [3.8, 4) is 0 Å². The largest absolute Gasteiger partial charge is 0.396 e. The molecule has 0 bridgehead atoms. The predicted octanol–water partition coefficient (Wildman–Crippen LogP) is 1.25. The zero-order valence-corrected chi connectivity index (χ0v) is 8.90. The molecule has 0 fully saturated rings. The lowest BCUT2D eigenvalue weighted by Gasteiger charge is -2.21. The van der Waals surface area contributed by atoms with Gasteiger partial charge in [-0.2, -0.15) is 0 Å². The molecule has 1 heterocycles. The summed E-state index contributed by atoms with van der Waals surface area (Å²) in [5.41, 5.74) is 1.79. The monoisotopic (exact) mass is 200 g/mol. The van der Waals surface area contributed by atoms with Crippen LogP contribution in [0.4, 0.5) is 0 Å². The van der Waals surface area contributed by atoms with Gasteiger partial charge in [0.1, 0.15) is 0 Å². The Morgan fingerprint density at radius 1 is 1.62 bits per heavy atom. The first-order valence-corrected chi connectivity index (χ1v) is 5.21. The fraction of sp³-hybridized carbons (Fsp3) is 0.667. The molecule has 0 aromatic carbocycles. The summed E-state index contributed by atoms with van der Waals surface area (Å²) in [5, 5.41) is 12.3. The molecule has 0 saturated carbocycles. The molecule has 4 heteroatoms. The molecule has 13 heavy (non-hydrogen) atoms. The van der Waals surface area contributed by atoms with Gasteiger partial charge in [-0.3, -0.25) is 4.98 Å². The van der Waals surface area contributed by atoms with E-state index in [9.17, 15) is 0 Å². The Hall–Kier alpha value is -0.450. The highest BCUT2D eigenvalue weighted by Gasteiger charge is 2.15. The van der Waals surface area contributed by atoms with Crippen LogP contribution in [0, 0.1) is 5.41 Å². The highest BCUT2D eigenvalue weighted by Crippen LogP contribution is 2.12. The molecule has 1 aromatic heterocycles. The van der Waals surface area contributed by atoms with Crippen molar-refractivity contribution in [2.45, 2.75) is 20.4 Å². The van der Waals surface area contributed by atoms with Gasteiger partial charge in [-0.15, -0.1) is 11.3 Å². The Bertz CT molecular complexity index is 234. The lowest BCUT2D eigenvalue weighted by atomic mass is 9.95. The van der Waals surface area contributed by atoms with E-state index < -0.39 is 0 Å². The molecule has 0 spiro atoms. The van der Waals surface area contributed by atoms with Gasteiger partial charge in [0, 0.05) is 36.2 Å². The lowest BCUT2D eigenvalue weighted by Crippen LogP contribution is -2.31. The van der Waals surface area contributed by atoms with E-state index in [2.05, 4.69) is 10.3 Å². The Kier molecular flexibility index (Phi) is 3.84. The summed E-state index contributed by atoms with van der Waals surface area (Å²) in [7, 11) is 0. The molecule has 0 atom stereocenters. The molecule has 0 radical (unpaired) electrons. The normalized spacial score (nSPS) is 11.9. The zero-order valence-electron chi connectivity index (χ0n) is 8.08. The Balaban J connectivity index is 2.21. The van der Waals surface area contributed by atoms with Crippen LogP contribution in [0.2, 0.25) is 0 Å². The van der Waals surface area contributed by atoms with Gasteiger partial charge in [0.15, 0.2) is 0 Å². The van der Waals surface area contributed by atoms with Crippen molar-refractivity contribution in [1.29, 1.82) is 0 Å². The highest BCUT2D eigenvalue weighted by atomic mass is 32.1. The number of nitrogens with zero attached hydrogens (tertiary/aromatic N) is 1. The van der Waals surface area contributed by atoms with Gasteiger partial charge in [-0.05, 0) is 0 Å². The van der Waals surface area contributed by atoms with Gasteiger partial charge in [0.2, 0.25) is 0 Å². The zero-order chi connectivity index (χ0) is 9.73. The molecule has 1 aromatic rings. The lowest BCUT2D eigenvalue weighted by molar-refractivity contribution is 0.157. The van der Waals surface area contributed by atoms with E-state index in [-0.39, 0.29) is 12.0 Å². The third-order valence-electron chi connectivity index (χ3n) is 1.81. The van der Waals surface area contributed by atoms with Crippen LogP contribution in [0.15, 0.2) is 11.7 Å². The molecule has 2 N–H and O–H groups in total. The number of rotatable bonds is 5. The maximum absolute atomic E-state index is 9.00. The molecule has 0 amide bonds. The number of hydrogen-bond acceptors (Lipinski definition) is 4. The summed E-state index contributed by atoms with van der Waals surface area (Å²) in [6.45, 7) is 5.94. The van der Waals surface area contributed by atoms with Gasteiger partial charge in [-0.25, -0.2) is 0 Å². The number of thiazole rings is 1. The van der Waals surface area contributed by atoms with Crippen molar-refractivity contribution in [3.05, 3.63) is 16.6 Å². The third kappa shape index (κ3) is 3.85. The van der Waals surface area contributed by atoms with Crippen LogP contribution < -0.4 is 5.32 Å². The first kappa shape index (κ1) is 10.6. The number of hydrogen-bond donors (Lipinski definition) is 2. The minimum Gasteiger partial charge on any atom is -0.396 e. The van der Waals surface area contributed by atoms with Crippen LogP contribution in [0.25, 0.3) is 0 Å². The summed E-state index contributed by atoms with van der Waals surface area (Å²) < 4.78 is 0. The molecule has 0 aliphatic carbocycles. The number of aliphatic hydroxyl groups excluding tert-OH is 1. The summed E-state index contributed by atoms with van der Waals surface area (Å²) >= 11 is 1.64. The SMILES string of the molecule is CC(C)(CO)CNCc1cncs1. The summed E-state index contributed by atoms with van der Waals surface area (Å²) in [6, 6.07) is 0. The molecule has 1 rings (SSSR count). The molecule has 0 aliphatic rings. The quantitative estimate of drug-likeness (QED) is 0.752. The fourth-order valence-corrected chi connectivity index (χ4v) is 1.47. The van der Waals surface area contributed by atoms with E-state index in [1.54, 1.807) is 11.3 Å². The first-order valence-electron chi connectivity index (χ1n) is 4.33. The van der Waals surface area contributed by atoms with E-state index in [0.717, 1.165) is 13.1 Å². The van der Waals surface area contributed by atoms with Gasteiger partial charge in [0.25, 0.3) is 0 Å². The van der Waals surface area contributed by atoms with Crippen molar-refractivity contribution in [3.63, 3.8) is 0 Å². The van der Waals surface area contributed by atoms with Crippen molar-refractivity contribution in [2.24, 2.45) is 5.41 Å². The van der Waals surface area contributed by atoms with Gasteiger partial charge in [-0.1, -0.05) is 13.8 Å². The number of aromatic nitrogens is 1. The molecular weight excluding hydrogens is 184 g/mol. The number of nitrogens with one attached hydrogen (secondary N) is 1. The standard InChI is InChI=1S/C9H16N2OS/c1-9(2,6-12)5-10-3-8-4-11-7-13-8/h4,7,10,12H,3,5-6H2,1-2H3. The van der Waals surface area contributed by atoms with E-state index in [4.69, 9.17) is 5.11 Å². The molecule has 74 valence electrons. The summed E-state index contributed by atoms with van der Waals surface area (Å²) in [6.07, 6.45) is 1.86. The first-order chi connectivity index (χ1) is 6.14. The van der Waals surface area contributed by atoms with Crippen LogP contribution >= 0.6 is 11.3 Å². The second kappa shape index (κ2) is 4.69. The van der Waals surface area contributed by atoms with E-state index in [1.165, 1.54) is 4.88 Å². The van der Waals surface area contributed by atoms with E-state index in [0.29, 0.717) is 0 Å². The highest BCUT2D eigenvalue weighted by molar-refractivity contribution is 7.09. The second-order valence-electron chi connectivity index (χ2n) is 3.89. The minimum absolute atomic E-state index is 0.0370. The van der Waals surface area contributed by atoms with E-state index in [1.807, 2.05) is 25.6 Å². The Morgan fingerprint density at radius 3 is 2.92 bits per heavy atom. The van der Waals surface area contributed by atoms with E-state index >= 15 is 0 Å². The van der Waals surface area contributed by atoms with Crippen LogP contribution in [0.3, 0.4) is 0 Å². The maximum Gasteiger partial charge on any atom is 0.0794 e. The summed E-state index contributed by atoms with van der Waals surface area (Å²) in [4.78, 5) is 5.22.